The van der Waals surface area contributed by atoms with Gasteiger partial charge in [-0.1, -0.05) is 26.0 Å². The Labute approximate surface area is 111 Å². The van der Waals surface area contributed by atoms with E-state index in [1.54, 1.807) is 0 Å². The number of benzene rings is 1. The van der Waals surface area contributed by atoms with Crippen molar-refractivity contribution in [2.75, 3.05) is 11.1 Å². The van der Waals surface area contributed by atoms with Crippen molar-refractivity contribution < 1.29 is 4.79 Å². The first-order chi connectivity index (χ1) is 9.06. The van der Waals surface area contributed by atoms with Crippen LogP contribution in [-0.4, -0.2) is 15.9 Å². The third-order valence-corrected chi connectivity index (χ3v) is 2.72. The van der Waals surface area contributed by atoms with Crippen LogP contribution in [0.5, 0.6) is 0 Å². The SMILES string of the molecule is CC(C)c1ccc(NC(=O)c2cncc(N)n2)cc1. The van der Waals surface area contributed by atoms with Gasteiger partial charge in [0.05, 0.1) is 12.4 Å². The number of amides is 1. The second-order valence-electron chi connectivity index (χ2n) is 4.56. The smallest absolute Gasteiger partial charge is 0.275 e. The van der Waals surface area contributed by atoms with E-state index in [9.17, 15) is 4.79 Å². The number of nitrogen functional groups attached to an aromatic ring is 1. The minimum atomic E-state index is -0.322. The van der Waals surface area contributed by atoms with Gasteiger partial charge in [-0.25, -0.2) is 4.98 Å². The van der Waals surface area contributed by atoms with Crippen LogP contribution in [0.1, 0.15) is 35.8 Å². The van der Waals surface area contributed by atoms with Gasteiger partial charge in [0, 0.05) is 5.69 Å². The largest absolute Gasteiger partial charge is 0.382 e. The number of anilines is 2. The number of nitrogens with one attached hydrogen (secondary N) is 1. The van der Waals surface area contributed by atoms with Gasteiger partial charge in [-0.3, -0.25) is 9.78 Å². The van der Waals surface area contributed by atoms with E-state index < -0.39 is 0 Å². The summed E-state index contributed by atoms with van der Waals surface area (Å²) in [7, 11) is 0. The maximum atomic E-state index is 11.9. The predicted octanol–water partition coefficient (Wildman–Crippen LogP) is 2.43. The number of carbonyl (C=O) groups is 1. The summed E-state index contributed by atoms with van der Waals surface area (Å²) >= 11 is 0. The molecular weight excluding hydrogens is 240 g/mol. The fourth-order valence-electron chi connectivity index (χ4n) is 1.64. The fraction of sp³-hybridized carbons (Fsp3) is 0.214. The molecule has 1 heterocycles. The molecule has 0 bridgehead atoms. The second-order valence-corrected chi connectivity index (χ2v) is 4.56. The minimum Gasteiger partial charge on any atom is -0.382 e. The van der Waals surface area contributed by atoms with Crippen LogP contribution < -0.4 is 11.1 Å². The Balaban J connectivity index is 2.10. The highest BCUT2D eigenvalue weighted by atomic mass is 16.1. The average Bonchev–Trinajstić information content (AvgIpc) is 2.39. The third kappa shape index (κ3) is 3.28. The van der Waals surface area contributed by atoms with Crippen molar-refractivity contribution in [3.63, 3.8) is 0 Å². The molecule has 0 saturated carbocycles. The lowest BCUT2D eigenvalue weighted by atomic mass is 10.0. The molecule has 2 rings (SSSR count). The van der Waals surface area contributed by atoms with E-state index in [1.165, 1.54) is 18.0 Å². The van der Waals surface area contributed by atoms with Gasteiger partial charge >= 0.3 is 0 Å². The van der Waals surface area contributed by atoms with Crippen LogP contribution in [0.4, 0.5) is 11.5 Å². The monoisotopic (exact) mass is 256 g/mol. The van der Waals surface area contributed by atoms with Crippen molar-refractivity contribution in [1.82, 2.24) is 9.97 Å². The standard InChI is InChI=1S/C14H16N4O/c1-9(2)10-3-5-11(6-4-10)17-14(19)12-7-16-8-13(15)18-12/h3-9H,1-2H3,(H2,15,18)(H,17,19). The van der Waals surface area contributed by atoms with Gasteiger partial charge in [0.25, 0.3) is 5.91 Å². The van der Waals surface area contributed by atoms with E-state index in [0.29, 0.717) is 5.92 Å². The molecule has 5 nitrogen and oxygen atoms in total. The first kappa shape index (κ1) is 13.0. The Morgan fingerprint density at radius 1 is 1.21 bits per heavy atom. The lowest BCUT2D eigenvalue weighted by molar-refractivity contribution is 0.102. The van der Waals surface area contributed by atoms with E-state index in [4.69, 9.17) is 5.73 Å². The van der Waals surface area contributed by atoms with Crippen molar-refractivity contribution in [2.24, 2.45) is 0 Å². The fourth-order valence-corrected chi connectivity index (χ4v) is 1.64. The molecule has 0 aliphatic carbocycles. The molecule has 2 aromatic rings. The quantitative estimate of drug-likeness (QED) is 0.883. The molecule has 19 heavy (non-hydrogen) atoms. The molecule has 0 unspecified atom stereocenters. The predicted molar refractivity (Wildman–Crippen MR) is 74.9 cm³/mol. The number of nitrogens with two attached hydrogens (primary N) is 1. The highest BCUT2D eigenvalue weighted by molar-refractivity contribution is 6.02. The normalized spacial score (nSPS) is 10.5. The van der Waals surface area contributed by atoms with Gasteiger partial charge in [-0.15, -0.1) is 0 Å². The second kappa shape index (κ2) is 5.48. The van der Waals surface area contributed by atoms with Gasteiger partial charge in [0.15, 0.2) is 0 Å². The van der Waals surface area contributed by atoms with E-state index in [-0.39, 0.29) is 17.4 Å². The molecule has 0 atom stereocenters. The van der Waals surface area contributed by atoms with Crippen LogP contribution in [0.15, 0.2) is 36.7 Å². The van der Waals surface area contributed by atoms with Gasteiger partial charge in [-0.05, 0) is 23.6 Å². The van der Waals surface area contributed by atoms with Crippen LogP contribution in [0.2, 0.25) is 0 Å². The number of carbonyl (C=O) groups excluding carboxylic acids is 1. The summed E-state index contributed by atoms with van der Waals surface area (Å²) in [6.45, 7) is 4.24. The molecule has 1 aromatic heterocycles. The topological polar surface area (TPSA) is 80.9 Å². The zero-order valence-corrected chi connectivity index (χ0v) is 10.9. The van der Waals surface area contributed by atoms with Crippen molar-refractivity contribution in [1.29, 1.82) is 0 Å². The molecular formula is C14H16N4O. The first-order valence-corrected chi connectivity index (χ1v) is 6.05. The van der Waals surface area contributed by atoms with Crippen LogP contribution >= 0.6 is 0 Å². The maximum absolute atomic E-state index is 11.9. The maximum Gasteiger partial charge on any atom is 0.275 e. The number of rotatable bonds is 3. The molecule has 0 radical (unpaired) electrons. The molecule has 1 aromatic carbocycles. The van der Waals surface area contributed by atoms with Crippen LogP contribution in [0.3, 0.4) is 0 Å². The number of hydrogen-bond acceptors (Lipinski definition) is 4. The van der Waals surface area contributed by atoms with Crippen molar-refractivity contribution in [2.45, 2.75) is 19.8 Å². The number of aromatic nitrogens is 2. The Morgan fingerprint density at radius 2 is 1.89 bits per heavy atom. The molecule has 0 aliphatic rings. The highest BCUT2D eigenvalue weighted by Gasteiger charge is 2.08. The molecule has 0 spiro atoms. The van der Waals surface area contributed by atoms with Gasteiger partial charge < -0.3 is 11.1 Å². The lowest BCUT2D eigenvalue weighted by Gasteiger charge is -2.08. The summed E-state index contributed by atoms with van der Waals surface area (Å²) in [4.78, 5) is 19.7. The lowest BCUT2D eigenvalue weighted by Crippen LogP contribution is -2.14. The molecule has 5 heteroatoms. The minimum absolute atomic E-state index is 0.202. The summed E-state index contributed by atoms with van der Waals surface area (Å²) < 4.78 is 0. The highest BCUT2D eigenvalue weighted by Crippen LogP contribution is 2.17. The average molecular weight is 256 g/mol. The third-order valence-electron chi connectivity index (χ3n) is 2.72. The summed E-state index contributed by atoms with van der Waals surface area (Å²) in [5, 5.41) is 2.75. The Morgan fingerprint density at radius 3 is 2.47 bits per heavy atom. The number of hydrogen-bond donors (Lipinski definition) is 2. The molecule has 0 aliphatic heterocycles. The van der Waals surface area contributed by atoms with Crippen LogP contribution in [0, 0.1) is 0 Å². The summed E-state index contributed by atoms with van der Waals surface area (Å²) in [5.74, 6) is 0.365. The summed E-state index contributed by atoms with van der Waals surface area (Å²) in [6, 6.07) is 7.72. The van der Waals surface area contributed by atoms with Gasteiger partial charge in [-0.2, -0.15) is 0 Å². The summed E-state index contributed by atoms with van der Waals surface area (Å²) in [5.41, 5.74) is 7.64. The van der Waals surface area contributed by atoms with E-state index in [0.717, 1.165) is 5.69 Å². The van der Waals surface area contributed by atoms with Crippen molar-refractivity contribution in [3.8, 4) is 0 Å². The van der Waals surface area contributed by atoms with Crippen molar-refractivity contribution >= 4 is 17.4 Å². The zero-order valence-electron chi connectivity index (χ0n) is 10.9. The Hall–Kier alpha value is -2.43. The molecule has 98 valence electrons. The number of nitrogens with zero attached hydrogens (tertiary/aromatic N) is 2. The van der Waals surface area contributed by atoms with E-state index >= 15 is 0 Å². The Kier molecular flexibility index (Phi) is 3.75. The zero-order chi connectivity index (χ0) is 13.8. The van der Waals surface area contributed by atoms with Crippen LogP contribution in [0.25, 0.3) is 0 Å². The van der Waals surface area contributed by atoms with Gasteiger partial charge in [0.2, 0.25) is 0 Å². The van der Waals surface area contributed by atoms with E-state index in [1.807, 2.05) is 24.3 Å². The molecule has 1 amide bonds. The summed E-state index contributed by atoms with van der Waals surface area (Å²) in [6.07, 6.45) is 2.78. The molecule has 0 saturated heterocycles. The van der Waals surface area contributed by atoms with E-state index in [2.05, 4.69) is 29.1 Å². The molecule has 0 fully saturated rings. The molecule has 3 N–H and O–H groups in total. The van der Waals surface area contributed by atoms with Gasteiger partial charge in [0.1, 0.15) is 11.5 Å². The van der Waals surface area contributed by atoms with Crippen LogP contribution in [-0.2, 0) is 0 Å². The first-order valence-electron chi connectivity index (χ1n) is 6.05. The van der Waals surface area contributed by atoms with Crippen molar-refractivity contribution in [3.05, 3.63) is 47.9 Å². The Bertz CT molecular complexity index is 578.